The molecule has 0 N–H and O–H groups in total. The minimum absolute atomic E-state index is 0.167. The maximum absolute atomic E-state index is 13.6. The molecule has 1 aromatic rings. The molecule has 1 aromatic carbocycles. The number of halogens is 1. The van der Waals surface area contributed by atoms with Crippen LogP contribution in [0, 0.1) is 5.82 Å². The highest BCUT2D eigenvalue weighted by molar-refractivity contribution is 5.94. The third-order valence-electron chi connectivity index (χ3n) is 4.21. The van der Waals surface area contributed by atoms with Crippen molar-refractivity contribution >= 4 is 5.91 Å². The second-order valence-electron chi connectivity index (χ2n) is 5.42. The predicted octanol–water partition coefficient (Wildman–Crippen LogP) is 2.14. The second-order valence-corrected chi connectivity index (χ2v) is 5.42. The number of rotatable bonds is 2. The van der Waals surface area contributed by atoms with Crippen LogP contribution in [0.5, 0.6) is 0 Å². The molecule has 0 spiro atoms. The van der Waals surface area contributed by atoms with Crippen molar-refractivity contribution in [3.8, 4) is 0 Å². The van der Waals surface area contributed by atoms with Gasteiger partial charge in [0.1, 0.15) is 5.82 Å². The van der Waals surface area contributed by atoms with Gasteiger partial charge in [-0.2, -0.15) is 0 Å². The smallest absolute Gasteiger partial charge is 0.256 e. The number of carbonyl (C=O) groups excluding carboxylic acids is 1. The Bertz CT molecular complexity index is 471. The van der Waals surface area contributed by atoms with Crippen LogP contribution in [0.25, 0.3) is 0 Å². The lowest BCUT2D eigenvalue weighted by atomic mass is 10.2. The highest BCUT2D eigenvalue weighted by atomic mass is 19.1. The Morgan fingerprint density at radius 3 is 2.63 bits per heavy atom. The largest absolute Gasteiger partial charge is 0.337 e. The Balaban J connectivity index is 1.67. The van der Waals surface area contributed by atoms with E-state index in [0.717, 1.165) is 32.6 Å². The molecule has 2 heterocycles. The van der Waals surface area contributed by atoms with Gasteiger partial charge in [-0.1, -0.05) is 12.1 Å². The molecule has 2 aliphatic rings. The van der Waals surface area contributed by atoms with E-state index in [-0.39, 0.29) is 11.5 Å². The first kappa shape index (κ1) is 12.6. The van der Waals surface area contributed by atoms with Crippen molar-refractivity contribution in [1.29, 1.82) is 0 Å². The third kappa shape index (κ3) is 2.50. The zero-order chi connectivity index (χ0) is 13.2. The first-order chi connectivity index (χ1) is 9.25. The average molecular weight is 262 g/mol. The lowest BCUT2D eigenvalue weighted by molar-refractivity contribution is 0.0775. The molecular formula is C15H19FN2O. The van der Waals surface area contributed by atoms with Crippen molar-refractivity contribution in [2.75, 3.05) is 26.2 Å². The van der Waals surface area contributed by atoms with E-state index in [1.807, 2.05) is 0 Å². The molecular weight excluding hydrogens is 243 g/mol. The topological polar surface area (TPSA) is 23.6 Å². The fraction of sp³-hybridized carbons (Fsp3) is 0.533. The van der Waals surface area contributed by atoms with Gasteiger partial charge in [-0.05, 0) is 44.5 Å². The fourth-order valence-corrected chi connectivity index (χ4v) is 3.14. The molecule has 2 aliphatic heterocycles. The number of amides is 1. The Hall–Kier alpha value is -1.42. The molecule has 0 bridgehead atoms. The minimum Gasteiger partial charge on any atom is -0.337 e. The van der Waals surface area contributed by atoms with Gasteiger partial charge in [0.15, 0.2) is 0 Å². The quantitative estimate of drug-likeness (QED) is 0.815. The van der Waals surface area contributed by atoms with Crippen LogP contribution in [0.3, 0.4) is 0 Å². The number of likely N-dealkylation sites (tertiary alicyclic amines) is 2. The molecule has 3 rings (SSSR count). The van der Waals surface area contributed by atoms with Gasteiger partial charge >= 0.3 is 0 Å². The van der Waals surface area contributed by atoms with Crippen LogP contribution in [0.1, 0.15) is 29.6 Å². The lowest BCUT2D eigenvalue weighted by Crippen LogP contribution is -2.37. The van der Waals surface area contributed by atoms with Crippen LogP contribution < -0.4 is 0 Å². The predicted molar refractivity (Wildman–Crippen MR) is 71.5 cm³/mol. The average Bonchev–Trinajstić information content (AvgIpc) is 3.09. The Morgan fingerprint density at radius 2 is 1.89 bits per heavy atom. The van der Waals surface area contributed by atoms with Crippen LogP contribution in [0.4, 0.5) is 4.39 Å². The molecule has 19 heavy (non-hydrogen) atoms. The number of benzene rings is 1. The second kappa shape index (κ2) is 5.29. The summed E-state index contributed by atoms with van der Waals surface area (Å²) in [6.45, 7) is 3.78. The summed E-state index contributed by atoms with van der Waals surface area (Å²) in [5.74, 6) is -0.586. The van der Waals surface area contributed by atoms with Gasteiger partial charge in [0, 0.05) is 19.1 Å². The van der Waals surface area contributed by atoms with Crippen LogP contribution >= 0.6 is 0 Å². The van der Waals surface area contributed by atoms with Gasteiger partial charge in [0.25, 0.3) is 5.91 Å². The Kier molecular flexibility index (Phi) is 3.51. The summed E-state index contributed by atoms with van der Waals surface area (Å²) in [4.78, 5) is 16.6. The summed E-state index contributed by atoms with van der Waals surface area (Å²) in [5.41, 5.74) is 0.199. The molecule has 4 heteroatoms. The number of hydrogen-bond donors (Lipinski definition) is 0. The van der Waals surface area contributed by atoms with E-state index >= 15 is 0 Å². The highest BCUT2D eigenvalue weighted by Crippen LogP contribution is 2.22. The van der Waals surface area contributed by atoms with Gasteiger partial charge in [-0.3, -0.25) is 9.69 Å². The standard InChI is InChI=1S/C15H19FN2O/c16-14-6-2-1-5-13(14)15(19)18-10-7-12(11-18)17-8-3-4-9-17/h1-2,5-6,12H,3-4,7-11H2. The first-order valence-corrected chi connectivity index (χ1v) is 7.03. The molecule has 0 aliphatic carbocycles. The molecule has 2 fully saturated rings. The van der Waals surface area contributed by atoms with Gasteiger partial charge < -0.3 is 4.90 Å². The molecule has 1 atom stereocenters. The molecule has 1 unspecified atom stereocenters. The van der Waals surface area contributed by atoms with Crippen molar-refractivity contribution in [3.63, 3.8) is 0 Å². The summed E-state index contributed by atoms with van der Waals surface area (Å²) in [7, 11) is 0. The molecule has 3 nitrogen and oxygen atoms in total. The van der Waals surface area contributed by atoms with E-state index in [2.05, 4.69) is 4.90 Å². The maximum atomic E-state index is 13.6. The van der Waals surface area contributed by atoms with Crippen LogP contribution in [-0.2, 0) is 0 Å². The van der Waals surface area contributed by atoms with Crippen molar-refractivity contribution < 1.29 is 9.18 Å². The minimum atomic E-state index is -0.419. The molecule has 102 valence electrons. The van der Waals surface area contributed by atoms with Crippen LogP contribution in [-0.4, -0.2) is 47.9 Å². The van der Waals surface area contributed by atoms with E-state index < -0.39 is 5.82 Å². The maximum Gasteiger partial charge on any atom is 0.256 e. The molecule has 0 aromatic heterocycles. The number of nitrogens with zero attached hydrogens (tertiary/aromatic N) is 2. The summed E-state index contributed by atoms with van der Waals surface area (Å²) in [6.07, 6.45) is 3.54. The van der Waals surface area contributed by atoms with Crippen molar-refractivity contribution in [3.05, 3.63) is 35.6 Å². The van der Waals surface area contributed by atoms with Crippen molar-refractivity contribution in [2.45, 2.75) is 25.3 Å². The van der Waals surface area contributed by atoms with E-state index in [1.54, 1.807) is 23.1 Å². The van der Waals surface area contributed by atoms with Crippen molar-refractivity contribution in [2.24, 2.45) is 0 Å². The molecule has 0 saturated carbocycles. The van der Waals surface area contributed by atoms with E-state index in [9.17, 15) is 9.18 Å². The molecule has 2 saturated heterocycles. The molecule has 1 amide bonds. The zero-order valence-corrected chi connectivity index (χ0v) is 11.0. The number of carbonyl (C=O) groups is 1. The van der Waals surface area contributed by atoms with Gasteiger partial charge in [0.05, 0.1) is 5.56 Å². The summed E-state index contributed by atoms with van der Waals surface area (Å²) < 4.78 is 13.6. The summed E-state index contributed by atoms with van der Waals surface area (Å²) >= 11 is 0. The highest BCUT2D eigenvalue weighted by Gasteiger charge is 2.32. The lowest BCUT2D eigenvalue weighted by Gasteiger charge is -2.23. The van der Waals surface area contributed by atoms with Crippen LogP contribution in [0.2, 0.25) is 0 Å². The van der Waals surface area contributed by atoms with E-state index in [0.29, 0.717) is 6.04 Å². The van der Waals surface area contributed by atoms with E-state index in [4.69, 9.17) is 0 Å². The van der Waals surface area contributed by atoms with E-state index in [1.165, 1.54) is 18.9 Å². The van der Waals surface area contributed by atoms with Crippen LogP contribution in [0.15, 0.2) is 24.3 Å². The van der Waals surface area contributed by atoms with Gasteiger partial charge in [-0.25, -0.2) is 4.39 Å². The zero-order valence-electron chi connectivity index (χ0n) is 11.0. The van der Waals surface area contributed by atoms with Crippen molar-refractivity contribution in [1.82, 2.24) is 9.80 Å². The van der Waals surface area contributed by atoms with Gasteiger partial charge in [-0.15, -0.1) is 0 Å². The SMILES string of the molecule is O=C(c1ccccc1F)N1CCC(N2CCCC2)C1. The monoisotopic (exact) mass is 262 g/mol. The first-order valence-electron chi connectivity index (χ1n) is 7.03. The Morgan fingerprint density at radius 1 is 1.16 bits per heavy atom. The number of hydrogen-bond acceptors (Lipinski definition) is 2. The Labute approximate surface area is 113 Å². The fourth-order valence-electron chi connectivity index (χ4n) is 3.14. The van der Waals surface area contributed by atoms with Gasteiger partial charge in [0.2, 0.25) is 0 Å². The summed E-state index contributed by atoms with van der Waals surface area (Å²) in [6, 6.07) is 6.72. The third-order valence-corrected chi connectivity index (χ3v) is 4.21. The summed E-state index contributed by atoms with van der Waals surface area (Å²) in [5, 5.41) is 0. The molecule has 0 radical (unpaired) electrons. The normalized spacial score (nSPS) is 24.1.